The van der Waals surface area contributed by atoms with Crippen molar-refractivity contribution in [2.24, 2.45) is 0 Å². The zero-order chi connectivity index (χ0) is 30.5. The van der Waals surface area contributed by atoms with Crippen LogP contribution in [0, 0.1) is 0 Å². The lowest BCUT2D eigenvalue weighted by molar-refractivity contribution is -0.318. The Balaban J connectivity index is 1.46. The number of hydrogen-bond donors (Lipinski definition) is 9. The zero-order valence-corrected chi connectivity index (χ0v) is 21.9. The molecule has 1 aromatic heterocycles. The molecule has 2 aromatic carbocycles. The first-order valence-corrected chi connectivity index (χ1v) is 12.9. The van der Waals surface area contributed by atoms with Crippen LogP contribution in [-0.2, 0) is 14.2 Å². The number of hydrogen-bond acceptors (Lipinski definition) is 15. The number of rotatable bonds is 6. The highest BCUT2D eigenvalue weighted by Crippen LogP contribution is 2.37. The van der Waals surface area contributed by atoms with E-state index in [0.29, 0.717) is 0 Å². The van der Waals surface area contributed by atoms with Gasteiger partial charge in [-0.25, -0.2) is 0 Å². The monoisotopic (exact) mass is 594 g/mol. The molecule has 2 aliphatic heterocycles. The molecule has 228 valence electrons. The number of aliphatic hydroxyl groups is 6. The smallest absolute Gasteiger partial charge is 0.239 e. The van der Waals surface area contributed by atoms with Gasteiger partial charge in [-0.15, -0.1) is 0 Å². The van der Waals surface area contributed by atoms with Crippen molar-refractivity contribution in [2.75, 3.05) is 6.61 Å². The molecule has 0 radical (unpaired) electrons. The van der Waals surface area contributed by atoms with Crippen molar-refractivity contribution in [1.29, 1.82) is 0 Å². The topological polar surface area (TPSA) is 249 Å². The first kappa shape index (κ1) is 30.0. The lowest BCUT2D eigenvalue weighted by Crippen LogP contribution is -2.61. The summed E-state index contributed by atoms with van der Waals surface area (Å²) in [7, 11) is 0. The lowest BCUT2D eigenvalue weighted by atomic mass is 9.98. The fourth-order valence-electron chi connectivity index (χ4n) is 4.79. The van der Waals surface area contributed by atoms with E-state index in [1.807, 2.05) is 0 Å². The summed E-state index contributed by atoms with van der Waals surface area (Å²) in [4.78, 5) is 13.5. The normalized spacial score (nSPS) is 33.5. The molecule has 15 heteroatoms. The van der Waals surface area contributed by atoms with Crippen molar-refractivity contribution >= 4 is 11.0 Å². The van der Waals surface area contributed by atoms with Crippen LogP contribution >= 0.6 is 0 Å². The second-order valence-corrected chi connectivity index (χ2v) is 10.1. The molecule has 3 aromatic rings. The maximum absolute atomic E-state index is 13.5. The van der Waals surface area contributed by atoms with Gasteiger partial charge in [0.25, 0.3) is 0 Å². The average Bonchev–Trinajstić information content (AvgIpc) is 2.95. The SMILES string of the molecule is C[C@H]1O[C@@H](OC[C@@H]2O[C@@H](Oc3c(-c4ccc(O)cc4)oc4cc(O)cc(O)c4c3=O)[C@@H](O)[C@@H](O)[C@H]2O)[C@@H](O)[C@@H](O)[C@@H]1O. The third kappa shape index (κ3) is 5.49. The minimum absolute atomic E-state index is 0.103. The van der Waals surface area contributed by atoms with Crippen LogP contribution in [0.4, 0.5) is 0 Å². The Kier molecular flexibility index (Phi) is 8.30. The van der Waals surface area contributed by atoms with Gasteiger partial charge in [-0.05, 0) is 31.2 Å². The summed E-state index contributed by atoms with van der Waals surface area (Å²) in [6, 6.07) is 7.33. The average molecular weight is 595 g/mol. The molecule has 42 heavy (non-hydrogen) atoms. The predicted molar refractivity (Wildman–Crippen MR) is 139 cm³/mol. The van der Waals surface area contributed by atoms with Crippen LogP contribution in [-0.4, -0.2) is 114 Å². The van der Waals surface area contributed by atoms with Gasteiger partial charge in [-0.3, -0.25) is 4.79 Å². The number of benzene rings is 2. The molecular weight excluding hydrogens is 564 g/mol. The molecule has 15 nitrogen and oxygen atoms in total. The van der Waals surface area contributed by atoms with Gasteiger partial charge in [0, 0.05) is 17.7 Å². The largest absolute Gasteiger partial charge is 0.508 e. The highest BCUT2D eigenvalue weighted by molar-refractivity contribution is 5.88. The van der Waals surface area contributed by atoms with Gasteiger partial charge < -0.3 is 69.3 Å². The van der Waals surface area contributed by atoms with Crippen LogP contribution in [0.25, 0.3) is 22.3 Å². The third-order valence-electron chi connectivity index (χ3n) is 7.18. The molecule has 0 amide bonds. The molecule has 0 unspecified atom stereocenters. The maximum atomic E-state index is 13.5. The number of ether oxygens (including phenoxy) is 4. The van der Waals surface area contributed by atoms with Crippen LogP contribution in [0.5, 0.6) is 23.0 Å². The van der Waals surface area contributed by atoms with Crippen molar-refractivity contribution in [3.05, 3.63) is 46.6 Å². The first-order valence-electron chi connectivity index (χ1n) is 12.9. The first-order chi connectivity index (χ1) is 19.9. The van der Waals surface area contributed by atoms with Gasteiger partial charge >= 0.3 is 0 Å². The van der Waals surface area contributed by atoms with E-state index in [4.69, 9.17) is 23.4 Å². The Bertz CT molecular complexity index is 1470. The third-order valence-corrected chi connectivity index (χ3v) is 7.18. The second kappa shape index (κ2) is 11.6. The summed E-state index contributed by atoms with van der Waals surface area (Å²) in [6.45, 7) is 0.866. The van der Waals surface area contributed by atoms with Crippen molar-refractivity contribution in [2.45, 2.75) is 68.3 Å². The van der Waals surface area contributed by atoms with E-state index in [1.165, 1.54) is 31.2 Å². The minimum Gasteiger partial charge on any atom is -0.508 e. The molecule has 2 aliphatic rings. The molecule has 0 bridgehead atoms. The van der Waals surface area contributed by atoms with Gasteiger partial charge in [0.1, 0.15) is 70.9 Å². The number of aliphatic hydroxyl groups excluding tert-OH is 6. The van der Waals surface area contributed by atoms with Crippen LogP contribution in [0.15, 0.2) is 45.6 Å². The fraction of sp³-hybridized carbons (Fsp3) is 0.444. The number of phenolic OH excluding ortho intramolecular Hbond substituents is 3. The quantitative estimate of drug-likeness (QED) is 0.159. The highest BCUT2D eigenvalue weighted by Gasteiger charge is 2.47. The summed E-state index contributed by atoms with van der Waals surface area (Å²) in [5.74, 6) is -1.97. The maximum Gasteiger partial charge on any atom is 0.239 e. The molecule has 2 fully saturated rings. The lowest BCUT2D eigenvalue weighted by Gasteiger charge is -2.42. The number of fused-ring (bicyclic) bond motifs is 1. The van der Waals surface area contributed by atoms with Crippen LogP contribution < -0.4 is 10.2 Å². The Labute approximate surface area is 236 Å². The summed E-state index contributed by atoms with van der Waals surface area (Å²) in [5, 5.41) is 91.4. The molecule has 3 heterocycles. The van der Waals surface area contributed by atoms with Crippen molar-refractivity contribution < 1.29 is 69.3 Å². The van der Waals surface area contributed by atoms with Crippen LogP contribution in [0.2, 0.25) is 0 Å². The molecule has 5 rings (SSSR count). The molecule has 0 saturated carbocycles. The van der Waals surface area contributed by atoms with E-state index in [0.717, 1.165) is 12.1 Å². The summed E-state index contributed by atoms with van der Waals surface area (Å²) < 4.78 is 28.0. The van der Waals surface area contributed by atoms with E-state index in [2.05, 4.69) is 0 Å². The second-order valence-electron chi connectivity index (χ2n) is 10.1. The van der Waals surface area contributed by atoms with Gasteiger partial charge in [-0.2, -0.15) is 0 Å². The molecule has 0 spiro atoms. The Morgan fingerprint density at radius 2 is 1.40 bits per heavy atom. The standard InChI is InChI=1S/C27H30O15/c1-9-17(31)20(34)22(36)26(39-9)38-8-15-18(32)21(35)23(37)27(41-15)42-25-19(33)16-13(30)6-12(29)7-14(16)40-24(25)10-2-4-11(28)5-3-10/h2-7,9,15,17-18,20-23,26-32,34-37H,8H2,1H3/t9-,15+,17-,18+,20+,21+,22+,23+,26-,27+/m1/s1. The molecule has 0 aliphatic carbocycles. The van der Waals surface area contributed by atoms with Gasteiger partial charge in [-0.1, -0.05) is 0 Å². The minimum atomic E-state index is -1.92. The Morgan fingerprint density at radius 1 is 0.762 bits per heavy atom. The van der Waals surface area contributed by atoms with E-state index in [-0.39, 0.29) is 28.0 Å². The van der Waals surface area contributed by atoms with Crippen molar-refractivity contribution in [1.82, 2.24) is 0 Å². The Morgan fingerprint density at radius 3 is 2.10 bits per heavy atom. The highest BCUT2D eigenvalue weighted by atomic mass is 16.7. The molecule has 2 saturated heterocycles. The molecule has 10 atom stereocenters. The number of aromatic hydroxyl groups is 3. The van der Waals surface area contributed by atoms with Crippen LogP contribution in [0.3, 0.4) is 0 Å². The predicted octanol–water partition coefficient (Wildman–Crippen LogP) is -1.39. The van der Waals surface area contributed by atoms with Gasteiger partial charge in [0.2, 0.25) is 17.5 Å². The fourth-order valence-corrected chi connectivity index (χ4v) is 4.79. The van der Waals surface area contributed by atoms with Gasteiger partial charge in [0.05, 0.1) is 12.7 Å². The number of phenols is 3. The summed E-state index contributed by atoms with van der Waals surface area (Å²) in [5.41, 5.74) is -0.956. The van der Waals surface area contributed by atoms with Crippen molar-refractivity contribution in [3.63, 3.8) is 0 Å². The van der Waals surface area contributed by atoms with Crippen molar-refractivity contribution in [3.8, 4) is 34.3 Å². The Hall–Kier alpha value is -3.51. The van der Waals surface area contributed by atoms with Gasteiger partial charge in [0.15, 0.2) is 12.1 Å². The van der Waals surface area contributed by atoms with Crippen LogP contribution in [0.1, 0.15) is 6.92 Å². The molecule has 9 N–H and O–H groups in total. The van der Waals surface area contributed by atoms with E-state index in [1.54, 1.807) is 0 Å². The zero-order valence-electron chi connectivity index (χ0n) is 21.9. The molecular formula is C27H30O15. The summed E-state index contributed by atoms with van der Waals surface area (Å²) >= 11 is 0. The van der Waals surface area contributed by atoms with E-state index < -0.39 is 90.7 Å². The van der Waals surface area contributed by atoms with E-state index in [9.17, 15) is 50.8 Å². The summed E-state index contributed by atoms with van der Waals surface area (Å²) in [6.07, 6.45) is -15.8. The van der Waals surface area contributed by atoms with E-state index >= 15 is 0 Å².